The second kappa shape index (κ2) is 6.43. The summed E-state index contributed by atoms with van der Waals surface area (Å²) in [6.07, 6.45) is 3.45. The van der Waals surface area contributed by atoms with Crippen LogP contribution in [-0.4, -0.2) is 10.9 Å². The molecular formula is C15H12FN3O. The topological polar surface area (TPSA) is 65.8 Å². The number of carbonyl (C=O) groups excluding carboxylic acids is 1. The fourth-order valence-corrected chi connectivity index (χ4v) is 1.73. The van der Waals surface area contributed by atoms with Gasteiger partial charge in [-0.1, -0.05) is 12.1 Å². The van der Waals surface area contributed by atoms with Crippen molar-refractivity contribution in [1.29, 1.82) is 5.26 Å². The molecule has 0 fully saturated rings. The monoisotopic (exact) mass is 269 g/mol. The Kier molecular flexibility index (Phi) is 4.40. The van der Waals surface area contributed by atoms with Crippen LogP contribution in [0.2, 0.25) is 0 Å². The largest absolute Gasteiger partial charge is 0.322 e. The summed E-state index contributed by atoms with van der Waals surface area (Å²) in [6.45, 7) is 0. The normalized spacial score (nSPS) is 11.4. The lowest BCUT2D eigenvalue weighted by Crippen LogP contribution is -2.24. The Bertz CT molecular complexity index is 637. The minimum atomic E-state index is -0.878. The molecule has 1 heterocycles. The van der Waals surface area contributed by atoms with E-state index in [-0.39, 0.29) is 12.1 Å². The number of para-hydroxylation sites is 1. The van der Waals surface area contributed by atoms with Gasteiger partial charge in [0.25, 0.3) is 0 Å². The summed E-state index contributed by atoms with van der Waals surface area (Å²) >= 11 is 0. The summed E-state index contributed by atoms with van der Waals surface area (Å²) in [5.41, 5.74) is 0.905. The van der Waals surface area contributed by atoms with Crippen molar-refractivity contribution in [3.63, 3.8) is 0 Å². The molecule has 0 aliphatic heterocycles. The number of nitrogens with zero attached hydrogens (tertiary/aromatic N) is 2. The Balaban J connectivity index is 2.07. The third kappa shape index (κ3) is 3.39. The minimum Gasteiger partial charge on any atom is -0.322 e. The third-order valence-corrected chi connectivity index (χ3v) is 2.79. The van der Waals surface area contributed by atoms with Crippen molar-refractivity contribution in [3.05, 3.63) is 60.2 Å². The van der Waals surface area contributed by atoms with E-state index in [4.69, 9.17) is 5.26 Å². The highest BCUT2D eigenvalue weighted by Crippen LogP contribution is 2.15. The first-order chi connectivity index (χ1) is 9.70. The second-order valence-electron chi connectivity index (χ2n) is 4.21. The molecular weight excluding hydrogens is 257 g/mol. The van der Waals surface area contributed by atoms with Crippen molar-refractivity contribution < 1.29 is 9.18 Å². The van der Waals surface area contributed by atoms with Gasteiger partial charge in [0, 0.05) is 12.4 Å². The zero-order valence-electron chi connectivity index (χ0n) is 10.6. The zero-order valence-corrected chi connectivity index (χ0v) is 10.6. The molecule has 0 aliphatic rings. The maximum atomic E-state index is 13.4. The van der Waals surface area contributed by atoms with E-state index in [1.807, 2.05) is 6.07 Å². The van der Waals surface area contributed by atoms with Gasteiger partial charge >= 0.3 is 0 Å². The van der Waals surface area contributed by atoms with Gasteiger partial charge in [-0.25, -0.2) is 4.39 Å². The van der Waals surface area contributed by atoms with E-state index < -0.39 is 17.6 Å². The van der Waals surface area contributed by atoms with E-state index in [1.165, 1.54) is 18.2 Å². The predicted octanol–water partition coefficient (Wildman–Crippen LogP) is 2.54. The maximum absolute atomic E-state index is 13.4. The number of anilines is 1. The molecule has 100 valence electrons. The molecule has 0 bridgehead atoms. The fraction of sp³-hybridized carbons (Fsp3) is 0.133. The van der Waals surface area contributed by atoms with E-state index >= 15 is 0 Å². The number of hydrogen-bond donors (Lipinski definition) is 1. The van der Waals surface area contributed by atoms with Gasteiger partial charge in [-0.15, -0.1) is 0 Å². The lowest BCUT2D eigenvalue weighted by Gasteiger charge is -2.10. The molecule has 1 unspecified atom stereocenters. The molecule has 0 aliphatic carbocycles. The number of aromatic nitrogens is 1. The molecule has 2 aromatic rings. The highest BCUT2D eigenvalue weighted by Gasteiger charge is 2.19. The Morgan fingerprint density at radius 2 is 2.00 bits per heavy atom. The van der Waals surface area contributed by atoms with Crippen LogP contribution in [0.1, 0.15) is 5.56 Å². The summed E-state index contributed by atoms with van der Waals surface area (Å²) in [7, 11) is 0. The smallest absolute Gasteiger partial charge is 0.242 e. The molecule has 1 aromatic heterocycles. The van der Waals surface area contributed by atoms with Crippen LogP contribution in [0.3, 0.4) is 0 Å². The number of amides is 1. The number of halogens is 1. The highest BCUT2D eigenvalue weighted by atomic mass is 19.1. The van der Waals surface area contributed by atoms with Crippen LogP contribution in [0.4, 0.5) is 10.1 Å². The van der Waals surface area contributed by atoms with Crippen LogP contribution >= 0.6 is 0 Å². The van der Waals surface area contributed by atoms with Gasteiger partial charge in [-0.2, -0.15) is 5.26 Å². The Morgan fingerprint density at radius 3 is 2.65 bits per heavy atom. The third-order valence-electron chi connectivity index (χ3n) is 2.79. The molecule has 1 N–H and O–H groups in total. The van der Waals surface area contributed by atoms with Gasteiger partial charge < -0.3 is 5.32 Å². The van der Waals surface area contributed by atoms with E-state index in [9.17, 15) is 9.18 Å². The Morgan fingerprint density at radius 1 is 1.30 bits per heavy atom. The van der Waals surface area contributed by atoms with Gasteiger partial charge in [-0.05, 0) is 36.2 Å². The van der Waals surface area contributed by atoms with Crippen molar-refractivity contribution in [2.75, 3.05) is 5.32 Å². The van der Waals surface area contributed by atoms with Crippen molar-refractivity contribution >= 4 is 11.6 Å². The molecule has 4 nitrogen and oxygen atoms in total. The highest BCUT2D eigenvalue weighted by molar-refractivity contribution is 5.94. The molecule has 1 atom stereocenters. The number of nitrogens with one attached hydrogen (secondary N) is 1. The van der Waals surface area contributed by atoms with Crippen molar-refractivity contribution in [1.82, 2.24) is 4.98 Å². The summed E-state index contributed by atoms with van der Waals surface area (Å²) in [4.78, 5) is 15.9. The zero-order chi connectivity index (χ0) is 14.4. The van der Waals surface area contributed by atoms with Crippen LogP contribution < -0.4 is 5.32 Å². The number of benzene rings is 1. The Labute approximate surface area is 115 Å². The number of rotatable bonds is 4. The first kappa shape index (κ1) is 13.7. The molecule has 0 saturated carbocycles. The van der Waals surface area contributed by atoms with Crippen LogP contribution in [0.25, 0.3) is 0 Å². The maximum Gasteiger partial charge on any atom is 0.242 e. The van der Waals surface area contributed by atoms with Gasteiger partial charge in [0.1, 0.15) is 11.7 Å². The molecule has 1 aromatic carbocycles. The standard InChI is InChI=1S/C15H12FN3O/c16-13-3-1-2-4-14(13)19-15(20)12(10-17)9-11-5-7-18-8-6-11/h1-8,12H,9H2,(H,19,20). The van der Waals surface area contributed by atoms with E-state index in [0.29, 0.717) is 0 Å². The van der Waals surface area contributed by atoms with Crippen molar-refractivity contribution in [2.45, 2.75) is 6.42 Å². The molecule has 0 saturated heterocycles. The van der Waals surface area contributed by atoms with E-state index in [1.54, 1.807) is 30.6 Å². The van der Waals surface area contributed by atoms with Crippen LogP contribution in [-0.2, 0) is 11.2 Å². The molecule has 2 rings (SSSR count). The summed E-state index contributed by atoms with van der Waals surface area (Å²) < 4.78 is 13.4. The molecule has 20 heavy (non-hydrogen) atoms. The number of carbonyl (C=O) groups is 1. The summed E-state index contributed by atoms with van der Waals surface area (Å²) in [5, 5.41) is 11.5. The van der Waals surface area contributed by atoms with Gasteiger partial charge in [0.2, 0.25) is 5.91 Å². The molecule has 0 radical (unpaired) electrons. The SMILES string of the molecule is N#CC(Cc1ccncc1)C(=O)Nc1ccccc1F. The lowest BCUT2D eigenvalue weighted by atomic mass is 10.0. The fourth-order valence-electron chi connectivity index (χ4n) is 1.73. The second-order valence-corrected chi connectivity index (χ2v) is 4.21. The predicted molar refractivity (Wildman–Crippen MR) is 72.1 cm³/mol. The number of nitriles is 1. The van der Waals surface area contributed by atoms with Gasteiger partial charge in [0.05, 0.1) is 11.8 Å². The van der Waals surface area contributed by atoms with Crippen molar-refractivity contribution in [3.8, 4) is 6.07 Å². The van der Waals surface area contributed by atoms with Crippen LogP contribution in [0, 0.1) is 23.1 Å². The summed E-state index contributed by atoms with van der Waals surface area (Å²) in [5.74, 6) is -1.92. The average Bonchev–Trinajstić information content (AvgIpc) is 2.48. The minimum absolute atomic E-state index is 0.0764. The van der Waals surface area contributed by atoms with Crippen LogP contribution in [0.15, 0.2) is 48.8 Å². The first-order valence-electron chi connectivity index (χ1n) is 6.04. The molecule has 5 heteroatoms. The van der Waals surface area contributed by atoms with Crippen LogP contribution in [0.5, 0.6) is 0 Å². The number of pyridine rings is 1. The van der Waals surface area contributed by atoms with Crippen molar-refractivity contribution in [2.24, 2.45) is 5.92 Å². The van der Waals surface area contributed by atoms with E-state index in [0.717, 1.165) is 5.56 Å². The average molecular weight is 269 g/mol. The first-order valence-corrected chi connectivity index (χ1v) is 6.04. The quantitative estimate of drug-likeness (QED) is 0.927. The van der Waals surface area contributed by atoms with E-state index in [2.05, 4.69) is 10.3 Å². The van der Waals surface area contributed by atoms with Gasteiger partial charge in [-0.3, -0.25) is 9.78 Å². The lowest BCUT2D eigenvalue weighted by molar-refractivity contribution is -0.118. The number of hydrogen-bond acceptors (Lipinski definition) is 3. The molecule has 1 amide bonds. The Hall–Kier alpha value is -2.74. The molecule has 0 spiro atoms. The van der Waals surface area contributed by atoms with Gasteiger partial charge in [0.15, 0.2) is 0 Å². The summed E-state index contributed by atoms with van der Waals surface area (Å²) in [6, 6.07) is 11.3.